The van der Waals surface area contributed by atoms with Crippen molar-refractivity contribution in [3.63, 3.8) is 0 Å². The van der Waals surface area contributed by atoms with Crippen LogP contribution >= 0.6 is 11.3 Å². The number of hydrogen-bond acceptors (Lipinski definition) is 5. The summed E-state index contributed by atoms with van der Waals surface area (Å²) in [5, 5.41) is 38.5. The largest absolute Gasteiger partial charge is 0.370 e. The number of quaternary nitrogens is 1. The number of allylic oxidation sites excluding steroid dienone is 2. The summed E-state index contributed by atoms with van der Waals surface area (Å²) in [5.74, 6) is -0.942. The standard InChI is InChI=1S/C22H23N5OS/c23-10-18-16-3-1-2-4-17(16)20(22(13-24,14-25)21(18)26)19-9-15(12-29-19)11-27-5-7-28-8-6-27/h3,9,12,17-18,20,26H,1-2,4-8,11H2/p+2/t17-,18+,20+/m1/s1. The lowest BCUT2D eigenvalue weighted by Crippen LogP contribution is -3.12. The molecule has 3 N–H and O–H groups in total. The first-order chi connectivity index (χ1) is 14.1. The molecule has 3 atom stereocenters. The quantitative estimate of drug-likeness (QED) is 0.705. The van der Waals surface area contributed by atoms with E-state index < -0.39 is 11.3 Å². The first-order valence-corrected chi connectivity index (χ1v) is 11.1. The Morgan fingerprint density at radius 2 is 2.00 bits per heavy atom. The molecule has 1 saturated carbocycles. The van der Waals surface area contributed by atoms with Gasteiger partial charge in [-0.15, -0.1) is 11.3 Å². The molecule has 3 aliphatic rings. The number of ether oxygens (including phenoxy) is 1. The number of nitrogens with two attached hydrogens (primary N) is 1. The van der Waals surface area contributed by atoms with Gasteiger partial charge in [0.15, 0.2) is 0 Å². The smallest absolute Gasteiger partial charge is 0.231 e. The molecule has 1 aliphatic heterocycles. The van der Waals surface area contributed by atoms with E-state index in [1.54, 1.807) is 11.3 Å². The van der Waals surface area contributed by atoms with E-state index in [1.807, 2.05) is 0 Å². The second kappa shape index (κ2) is 8.09. The number of rotatable bonds is 3. The zero-order valence-electron chi connectivity index (χ0n) is 16.4. The first-order valence-electron chi connectivity index (χ1n) is 10.2. The fourth-order valence-electron chi connectivity index (χ4n) is 5.13. The summed E-state index contributed by atoms with van der Waals surface area (Å²) in [4.78, 5) is 2.53. The van der Waals surface area contributed by atoms with E-state index in [0.717, 1.165) is 62.6 Å². The third-order valence-electron chi connectivity index (χ3n) is 6.61. The van der Waals surface area contributed by atoms with Gasteiger partial charge in [-0.2, -0.15) is 15.8 Å². The Hall–Kier alpha value is -2.50. The van der Waals surface area contributed by atoms with Crippen LogP contribution in [0.4, 0.5) is 0 Å². The molecule has 4 rings (SSSR count). The van der Waals surface area contributed by atoms with Crippen LogP contribution in [-0.2, 0) is 11.3 Å². The molecule has 7 heteroatoms. The molecule has 1 aromatic rings. The molecule has 1 aromatic heterocycles. The summed E-state index contributed by atoms with van der Waals surface area (Å²) < 4.78 is 5.45. The van der Waals surface area contributed by atoms with Crippen molar-refractivity contribution in [2.24, 2.45) is 17.3 Å². The fraction of sp³-hybridized carbons (Fsp3) is 0.545. The fourth-order valence-corrected chi connectivity index (χ4v) is 6.27. The van der Waals surface area contributed by atoms with Crippen LogP contribution in [0.25, 0.3) is 0 Å². The summed E-state index contributed by atoms with van der Waals surface area (Å²) >= 11 is 1.62. The van der Waals surface area contributed by atoms with Crippen LogP contribution in [0.3, 0.4) is 0 Å². The summed E-state index contributed by atoms with van der Waals surface area (Å²) in [6, 6.07) is 8.90. The number of nitrogens with zero attached hydrogens (tertiary/aromatic N) is 3. The molecule has 0 aromatic carbocycles. The van der Waals surface area contributed by atoms with Crippen LogP contribution in [0.2, 0.25) is 0 Å². The average Bonchev–Trinajstić information content (AvgIpc) is 3.21. The highest BCUT2D eigenvalue weighted by atomic mass is 32.1. The van der Waals surface area contributed by atoms with Crippen molar-refractivity contribution in [1.29, 1.82) is 15.8 Å². The van der Waals surface area contributed by atoms with Gasteiger partial charge in [-0.05, 0) is 42.2 Å². The lowest BCUT2D eigenvalue weighted by molar-refractivity contribution is -0.921. The van der Waals surface area contributed by atoms with E-state index in [-0.39, 0.29) is 17.5 Å². The minimum atomic E-state index is -1.46. The van der Waals surface area contributed by atoms with E-state index >= 15 is 0 Å². The number of nitriles is 3. The van der Waals surface area contributed by atoms with E-state index in [4.69, 9.17) is 10.1 Å². The number of hydrogen-bond donors (Lipinski definition) is 2. The van der Waals surface area contributed by atoms with Crippen molar-refractivity contribution in [3.05, 3.63) is 33.5 Å². The van der Waals surface area contributed by atoms with Crippen molar-refractivity contribution < 1.29 is 15.0 Å². The Morgan fingerprint density at radius 3 is 2.69 bits per heavy atom. The first kappa shape index (κ1) is 19.8. The number of nitrogens with one attached hydrogen (secondary N) is 1. The van der Waals surface area contributed by atoms with Gasteiger partial charge in [-0.25, -0.2) is 0 Å². The van der Waals surface area contributed by atoms with Gasteiger partial charge in [0, 0.05) is 16.4 Å². The molecule has 0 unspecified atom stereocenters. The zero-order chi connectivity index (χ0) is 20.4. The normalized spacial score (nSPS) is 29.1. The molecular weight excluding hydrogens is 382 g/mol. The third-order valence-corrected chi connectivity index (χ3v) is 7.68. The molecule has 148 valence electrons. The van der Waals surface area contributed by atoms with Crippen molar-refractivity contribution in [2.45, 2.75) is 31.7 Å². The van der Waals surface area contributed by atoms with Gasteiger partial charge in [0.1, 0.15) is 25.6 Å². The van der Waals surface area contributed by atoms with Gasteiger partial charge >= 0.3 is 0 Å². The van der Waals surface area contributed by atoms with E-state index in [1.165, 1.54) is 10.5 Å². The van der Waals surface area contributed by atoms with Gasteiger partial charge in [0.05, 0.1) is 31.4 Å². The zero-order valence-corrected chi connectivity index (χ0v) is 17.2. The highest BCUT2D eigenvalue weighted by Gasteiger charge is 2.60. The van der Waals surface area contributed by atoms with Gasteiger partial charge in [0.25, 0.3) is 0 Å². The second-order valence-electron chi connectivity index (χ2n) is 8.16. The van der Waals surface area contributed by atoms with Crippen LogP contribution in [0.5, 0.6) is 0 Å². The van der Waals surface area contributed by atoms with Crippen molar-refractivity contribution in [3.8, 4) is 18.2 Å². The lowest BCUT2D eigenvalue weighted by atomic mass is 9.54. The molecule has 0 spiro atoms. The van der Waals surface area contributed by atoms with Gasteiger partial charge in [-0.3, -0.25) is 5.41 Å². The number of fused-ring (bicyclic) bond motifs is 1. The maximum Gasteiger partial charge on any atom is 0.231 e. The van der Waals surface area contributed by atoms with Crippen LogP contribution in [0, 0.1) is 51.2 Å². The number of morpholine rings is 1. The highest BCUT2D eigenvalue weighted by molar-refractivity contribution is 7.10. The maximum absolute atomic E-state index is 10.1. The van der Waals surface area contributed by atoms with Crippen LogP contribution < -0.4 is 10.3 Å². The minimum Gasteiger partial charge on any atom is -0.370 e. The van der Waals surface area contributed by atoms with Crippen molar-refractivity contribution >= 4 is 17.0 Å². The Morgan fingerprint density at radius 1 is 1.24 bits per heavy atom. The van der Waals surface area contributed by atoms with Crippen LogP contribution in [0.15, 0.2) is 23.1 Å². The summed E-state index contributed by atoms with van der Waals surface area (Å²) in [5.41, 5.74) is 0.978. The number of thiophene rings is 1. The van der Waals surface area contributed by atoms with E-state index in [2.05, 4.69) is 35.7 Å². The minimum absolute atomic E-state index is 0.0160. The molecule has 0 amide bonds. The molecule has 29 heavy (non-hydrogen) atoms. The summed E-state index contributed by atoms with van der Waals surface area (Å²) in [7, 11) is 0. The van der Waals surface area contributed by atoms with Crippen LogP contribution in [0.1, 0.15) is 35.6 Å². The molecule has 6 nitrogen and oxygen atoms in total. The highest BCUT2D eigenvalue weighted by Crippen LogP contribution is 2.55. The van der Waals surface area contributed by atoms with Crippen molar-refractivity contribution in [2.75, 3.05) is 26.3 Å². The monoisotopic (exact) mass is 407 g/mol. The maximum atomic E-state index is 10.1. The molecule has 2 fully saturated rings. The SMILES string of the molecule is N#C[C@@H]1C(=[NH2+])C(C#N)(C#N)[C@H](c2cc(C[NH+]3CCOCC3)cs2)[C@@H]2CCCC=C12. The molecule has 2 aliphatic carbocycles. The van der Waals surface area contributed by atoms with Gasteiger partial charge in [0.2, 0.25) is 11.1 Å². The molecule has 0 radical (unpaired) electrons. The van der Waals surface area contributed by atoms with Gasteiger partial charge in [-0.1, -0.05) is 6.08 Å². The Kier molecular flexibility index (Phi) is 5.52. The lowest BCUT2D eigenvalue weighted by Gasteiger charge is -2.42. The Balaban J connectivity index is 1.72. The topological polar surface area (TPSA) is 111 Å². The third kappa shape index (κ3) is 3.28. The average molecular weight is 408 g/mol. The van der Waals surface area contributed by atoms with E-state index in [9.17, 15) is 15.8 Å². The molecule has 1 saturated heterocycles. The Bertz CT molecular complexity index is 939. The van der Waals surface area contributed by atoms with Crippen molar-refractivity contribution in [1.82, 2.24) is 0 Å². The predicted octanol–water partition coefficient (Wildman–Crippen LogP) is 0.360. The van der Waals surface area contributed by atoms with Crippen LogP contribution in [-0.4, -0.2) is 32.0 Å². The van der Waals surface area contributed by atoms with Gasteiger partial charge < -0.3 is 9.64 Å². The van der Waals surface area contributed by atoms with E-state index in [0.29, 0.717) is 0 Å². The summed E-state index contributed by atoms with van der Waals surface area (Å²) in [6.45, 7) is 4.49. The molecular formula is C22H25N5OS+2. The Labute approximate surface area is 175 Å². The predicted molar refractivity (Wildman–Crippen MR) is 107 cm³/mol. The summed E-state index contributed by atoms with van der Waals surface area (Å²) in [6.07, 6.45) is 4.93. The second-order valence-corrected chi connectivity index (χ2v) is 9.11. The molecule has 2 heterocycles. The molecule has 0 bridgehead atoms.